The molecule has 9 heteroatoms. The Balaban J connectivity index is 1.22. The molecule has 3 aliphatic heterocycles. The zero-order chi connectivity index (χ0) is 23.7. The quantitative estimate of drug-likeness (QED) is 0.615. The van der Waals surface area contributed by atoms with Crippen molar-refractivity contribution in [1.29, 1.82) is 0 Å². The van der Waals surface area contributed by atoms with E-state index in [9.17, 15) is 14.4 Å². The van der Waals surface area contributed by atoms with Gasteiger partial charge in [0.2, 0.25) is 12.7 Å². The third-order valence-electron chi connectivity index (χ3n) is 7.01. The molecular weight excluding hydrogens is 458 g/mol. The lowest BCUT2D eigenvalue weighted by molar-refractivity contribution is -0.133. The molecule has 0 saturated carbocycles. The third kappa shape index (κ3) is 4.30. The lowest BCUT2D eigenvalue weighted by atomic mass is 9.74. The third-order valence-corrected chi connectivity index (χ3v) is 7.37. The molecule has 2 saturated heterocycles. The number of hydrogen-bond donors (Lipinski definition) is 2. The number of piperidine rings is 1. The van der Waals surface area contributed by atoms with Crippen molar-refractivity contribution >= 4 is 29.4 Å². The van der Waals surface area contributed by atoms with Crippen LogP contribution in [-0.2, 0) is 22.4 Å². The molecule has 2 aromatic carbocycles. The van der Waals surface area contributed by atoms with Gasteiger partial charge in [0.05, 0.1) is 0 Å². The van der Waals surface area contributed by atoms with Gasteiger partial charge in [-0.05, 0) is 54.5 Å². The first-order valence-electron chi connectivity index (χ1n) is 11.5. The first-order valence-corrected chi connectivity index (χ1v) is 11.9. The molecule has 0 aliphatic carbocycles. The molecule has 0 spiro atoms. The van der Waals surface area contributed by atoms with E-state index >= 15 is 0 Å². The smallest absolute Gasteiger partial charge is 0.322 e. The van der Waals surface area contributed by atoms with Gasteiger partial charge >= 0.3 is 6.03 Å². The largest absolute Gasteiger partial charge is 0.454 e. The Morgan fingerprint density at radius 2 is 1.85 bits per heavy atom. The van der Waals surface area contributed by atoms with Crippen LogP contribution >= 0.6 is 11.6 Å². The summed E-state index contributed by atoms with van der Waals surface area (Å²) in [6.07, 6.45) is 2.56. The van der Waals surface area contributed by atoms with E-state index in [1.54, 1.807) is 6.07 Å². The van der Waals surface area contributed by atoms with Crippen LogP contribution in [0.2, 0.25) is 5.02 Å². The van der Waals surface area contributed by atoms with Crippen LogP contribution in [0.3, 0.4) is 0 Å². The number of halogens is 1. The Kier molecular flexibility index (Phi) is 6.08. The van der Waals surface area contributed by atoms with Gasteiger partial charge in [-0.2, -0.15) is 0 Å². The standard InChI is InChI=1S/C25H26ClN3O5/c26-19-4-2-1-3-17(19)14-25(23(31)27-24(32)28-25)18-9-11-29(12-10-18)22(30)8-6-16-5-7-20-21(13-16)34-15-33-20/h1-5,7,13,18H,6,8-12,14-15H2,(H2,27,28,31,32). The monoisotopic (exact) mass is 483 g/mol. The Hall–Kier alpha value is -3.26. The fourth-order valence-corrected chi connectivity index (χ4v) is 5.33. The summed E-state index contributed by atoms with van der Waals surface area (Å²) in [7, 11) is 0. The number of imide groups is 1. The van der Waals surface area contributed by atoms with Crippen LogP contribution in [-0.4, -0.2) is 48.2 Å². The molecule has 0 radical (unpaired) electrons. The summed E-state index contributed by atoms with van der Waals surface area (Å²) >= 11 is 6.36. The maximum absolute atomic E-state index is 12.9. The van der Waals surface area contributed by atoms with E-state index in [4.69, 9.17) is 21.1 Å². The van der Waals surface area contributed by atoms with Crippen LogP contribution < -0.4 is 20.1 Å². The van der Waals surface area contributed by atoms with Crippen molar-refractivity contribution in [3.8, 4) is 11.5 Å². The van der Waals surface area contributed by atoms with Gasteiger partial charge in [-0.15, -0.1) is 0 Å². The first-order chi connectivity index (χ1) is 16.4. The van der Waals surface area contributed by atoms with Crippen LogP contribution in [0.25, 0.3) is 0 Å². The number of carbonyl (C=O) groups excluding carboxylic acids is 3. The number of benzene rings is 2. The summed E-state index contributed by atoms with van der Waals surface area (Å²) < 4.78 is 10.7. The second-order valence-corrected chi connectivity index (χ2v) is 9.40. The molecule has 178 valence electrons. The molecule has 3 heterocycles. The van der Waals surface area contributed by atoms with Crippen LogP contribution in [0.4, 0.5) is 4.79 Å². The first kappa shape index (κ1) is 22.5. The van der Waals surface area contributed by atoms with Crippen molar-refractivity contribution in [1.82, 2.24) is 15.5 Å². The average molecular weight is 484 g/mol. The molecule has 1 atom stereocenters. The van der Waals surface area contributed by atoms with Crippen LogP contribution in [0, 0.1) is 5.92 Å². The number of urea groups is 1. The number of fused-ring (bicyclic) bond motifs is 1. The van der Waals surface area contributed by atoms with Gasteiger partial charge in [-0.3, -0.25) is 14.9 Å². The molecule has 8 nitrogen and oxygen atoms in total. The molecule has 34 heavy (non-hydrogen) atoms. The summed E-state index contributed by atoms with van der Waals surface area (Å²) in [5, 5.41) is 5.86. The van der Waals surface area contributed by atoms with E-state index in [2.05, 4.69) is 10.6 Å². The van der Waals surface area contributed by atoms with Crippen molar-refractivity contribution in [2.45, 2.75) is 37.6 Å². The van der Waals surface area contributed by atoms with E-state index in [1.165, 1.54) is 0 Å². The van der Waals surface area contributed by atoms with Crippen molar-refractivity contribution in [2.24, 2.45) is 5.92 Å². The molecular formula is C25H26ClN3O5. The zero-order valence-corrected chi connectivity index (χ0v) is 19.4. The topological polar surface area (TPSA) is 97.0 Å². The Morgan fingerprint density at radius 1 is 1.09 bits per heavy atom. The van der Waals surface area contributed by atoms with E-state index in [-0.39, 0.29) is 24.5 Å². The van der Waals surface area contributed by atoms with Gasteiger partial charge in [0, 0.05) is 31.0 Å². The molecule has 2 N–H and O–H groups in total. The minimum atomic E-state index is -1.07. The predicted octanol–water partition coefficient (Wildman–Crippen LogP) is 3.06. The van der Waals surface area contributed by atoms with Crippen molar-refractivity contribution in [2.75, 3.05) is 19.9 Å². The van der Waals surface area contributed by atoms with E-state index in [0.717, 1.165) is 16.9 Å². The average Bonchev–Trinajstić information content (AvgIpc) is 3.42. The highest BCUT2D eigenvalue weighted by molar-refractivity contribution is 6.31. The molecule has 2 aromatic rings. The highest BCUT2D eigenvalue weighted by atomic mass is 35.5. The number of amides is 4. The van der Waals surface area contributed by atoms with E-state index < -0.39 is 11.6 Å². The van der Waals surface area contributed by atoms with Gasteiger partial charge < -0.3 is 19.7 Å². The lowest BCUT2D eigenvalue weighted by Gasteiger charge is -2.41. The fourth-order valence-electron chi connectivity index (χ4n) is 5.13. The second-order valence-electron chi connectivity index (χ2n) is 8.99. The fraction of sp³-hybridized carbons (Fsp3) is 0.400. The zero-order valence-electron chi connectivity index (χ0n) is 18.6. The highest BCUT2D eigenvalue weighted by Gasteiger charge is 2.52. The Bertz CT molecular complexity index is 1130. The van der Waals surface area contributed by atoms with Gasteiger partial charge in [0.15, 0.2) is 11.5 Å². The Labute approximate surface area is 202 Å². The maximum atomic E-state index is 12.9. The predicted molar refractivity (Wildman–Crippen MR) is 125 cm³/mol. The van der Waals surface area contributed by atoms with E-state index in [0.29, 0.717) is 56.0 Å². The number of ether oxygens (including phenoxy) is 2. The minimum absolute atomic E-state index is 0.0798. The van der Waals surface area contributed by atoms with Gasteiger partial charge in [-0.1, -0.05) is 35.9 Å². The van der Waals surface area contributed by atoms with Crippen molar-refractivity contribution in [3.05, 3.63) is 58.6 Å². The molecule has 3 aliphatic rings. The van der Waals surface area contributed by atoms with Gasteiger partial charge in [-0.25, -0.2) is 4.79 Å². The lowest BCUT2D eigenvalue weighted by Crippen LogP contribution is -2.58. The number of rotatable bonds is 6. The molecule has 2 fully saturated rings. The van der Waals surface area contributed by atoms with Crippen LogP contribution in [0.1, 0.15) is 30.4 Å². The van der Waals surface area contributed by atoms with Crippen LogP contribution in [0.15, 0.2) is 42.5 Å². The second kappa shape index (κ2) is 9.18. The maximum Gasteiger partial charge on any atom is 0.322 e. The number of likely N-dealkylation sites (tertiary alicyclic amines) is 1. The molecule has 0 bridgehead atoms. The number of aryl methyl sites for hydroxylation is 1. The summed E-state index contributed by atoms with van der Waals surface area (Å²) in [6.45, 7) is 1.30. The molecule has 5 rings (SSSR count). The van der Waals surface area contributed by atoms with Crippen molar-refractivity contribution in [3.63, 3.8) is 0 Å². The normalized spacial score (nSPS) is 22.0. The van der Waals surface area contributed by atoms with Crippen LogP contribution in [0.5, 0.6) is 11.5 Å². The molecule has 0 aromatic heterocycles. The summed E-state index contributed by atoms with van der Waals surface area (Å²) in [5.74, 6) is 1.09. The summed E-state index contributed by atoms with van der Waals surface area (Å²) in [4.78, 5) is 39.7. The number of hydrogen-bond acceptors (Lipinski definition) is 5. The summed E-state index contributed by atoms with van der Waals surface area (Å²) in [6, 6.07) is 12.6. The Morgan fingerprint density at radius 3 is 2.59 bits per heavy atom. The van der Waals surface area contributed by atoms with Crippen molar-refractivity contribution < 1.29 is 23.9 Å². The number of carbonyl (C=O) groups is 3. The SMILES string of the molecule is O=C1NC(=O)C(Cc2ccccc2Cl)(C2CCN(C(=O)CCc3ccc4c(c3)OCO4)CC2)N1. The van der Waals surface area contributed by atoms with Gasteiger partial charge in [0.25, 0.3) is 5.91 Å². The van der Waals surface area contributed by atoms with E-state index in [1.807, 2.05) is 41.3 Å². The summed E-state index contributed by atoms with van der Waals surface area (Å²) in [5.41, 5.74) is 0.768. The van der Waals surface area contributed by atoms with Gasteiger partial charge in [0.1, 0.15) is 5.54 Å². The number of nitrogens with one attached hydrogen (secondary N) is 2. The number of nitrogens with zero attached hydrogens (tertiary/aromatic N) is 1. The molecule has 4 amide bonds. The molecule has 1 unspecified atom stereocenters. The minimum Gasteiger partial charge on any atom is -0.454 e. The highest BCUT2D eigenvalue weighted by Crippen LogP contribution is 2.36.